The lowest BCUT2D eigenvalue weighted by molar-refractivity contribution is -0.123. The number of carbonyl (C=O) groups is 1. The quantitative estimate of drug-likeness (QED) is 0.706. The van der Waals surface area contributed by atoms with E-state index in [1.54, 1.807) is 0 Å². The lowest BCUT2D eigenvalue weighted by atomic mass is 10.1. The first-order chi connectivity index (χ1) is 5.88. The molecule has 0 spiro atoms. The number of amides is 1. The van der Waals surface area contributed by atoms with Crippen molar-refractivity contribution in [3.63, 3.8) is 0 Å². The Kier molecular flexibility index (Phi) is 2.90. The standard InChI is InChI=1S/C7H12FNO3S/c1-13(11,12)9-7(10)5-2-3-6(8)4-5/h5-6H,2-4H2,1H3,(H,9,10). The molecular weight excluding hydrogens is 197 g/mol. The van der Waals surface area contributed by atoms with E-state index in [9.17, 15) is 17.6 Å². The highest BCUT2D eigenvalue weighted by atomic mass is 32.2. The lowest BCUT2D eigenvalue weighted by Crippen LogP contribution is -2.34. The summed E-state index contributed by atoms with van der Waals surface area (Å²) < 4.78 is 35.8. The Bertz CT molecular complexity index is 301. The van der Waals surface area contributed by atoms with Crippen LogP contribution in [0.3, 0.4) is 0 Å². The molecule has 1 N–H and O–H groups in total. The summed E-state index contributed by atoms with van der Waals surface area (Å²) in [5.41, 5.74) is 0. The summed E-state index contributed by atoms with van der Waals surface area (Å²) in [5, 5.41) is 0. The average Bonchev–Trinajstić information content (AvgIpc) is 2.31. The molecule has 0 bridgehead atoms. The molecular formula is C7H12FNO3S. The van der Waals surface area contributed by atoms with E-state index in [0.29, 0.717) is 12.8 Å². The SMILES string of the molecule is CS(=O)(=O)NC(=O)C1CCC(F)C1. The molecule has 0 saturated heterocycles. The van der Waals surface area contributed by atoms with E-state index in [1.165, 1.54) is 0 Å². The van der Waals surface area contributed by atoms with Crippen LogP contribution in [0, 0.1) is 5.92 Å². The first kappa shape index (κ1) is 10.4. The Labute approximate surface area is 76.6 Å². The van der Waals surface area contributed by atoms with Gasteiger partial charge in [0.25, 0.3) is 0 Å². The monoisotopic (exact) mass is 209 g/mol. The largest absolute Gasteiger partial charge is 0.274 e. The Morgan fingerprint density at radius 2 is 2.08 bits per heavy atom. The maximum absolute atomic E-state index is 12.6. The van der Waals surface area contributed by atoms with E-state index < -0.39 is 28.0 Å². The van der Waals surface area contributed by atoms with E-state index in [4.69, 9.17) is 0 Å². The van der Waals surface area contributed by atoms with E-state index in [-0.39, 0.29) is 6.42 Å². The summed E-state index contributed by atoms with van der Waals surface area (Å²) in [7, 11) is -3.50. The second-order valence-electron chi connectivity index (χ2n) is 3.35. The van der Waals surface area contributed by atoms with Gasteiger partial charge in [0.05, 0.1) is 6.26 Å². The summed E-state index contributed by atoms with van der Waals surface area (Å²) in [6.45, 7) is 0. The molecule has 0 aromatic heterocycles. The van der Waals surface area contributed by atoms with Crippen LogP contribution >= 0.6 is 0 Å². The Morgan fingerprint density at radius 3 is 2.46 bits per heavy atom. The van der Waals surface area contributed by atoms with Crippen LogP contribution in [0.4, 0.5) is 4.39 Å². The molecule has 13 heavy (non-hydrogen) atoms. The third-order valence-electron chi connectivity index (χ3n) is 2.03. The van der Waals surface area contributed by atoms with Gasteiger partial charge in [0, 0.05) is 5.92 Å². The van der Waals surface area contributed by atoms with Crippen LogP contribution in [0.1, 0.15) is 19.3 Å². The van der Waals surface area contributed by atoms with Crippen LogP contribution in [0.5, 0.6) is 0 Å². The molecule has 1 fully saturated rings. The summed E-state index contributed by atoms with van der Waals surface area (Å²) in [6, 6.07) is 0. The fraction of sp³-hybridized carbons (Fsp3) is 0.857. The maximum atomic E-state index is 12.6. The minimum Gasteiger partial charge on any atom is -0.274 e. The normalized spacial score (nSPS) is 28.8. The fourth-order valence-corrected chi connectivity index (χ4v) is 1.96. The molecule has 1 aliphatic rings. The van der Waals surface area contributed by atoms with Crippen LogP contribution < -0.4 is 4.72 Å². The number of halogens is 1. The topological polar surface area (TPSA) is 63.2 Å². The maximum Gasteiger partial charge on any atom is 0.236 e. The molecule has 6 heteroatoms. The summed E-state index contributed by atoms with van der Waals surface area (Å²) >= 11 is 0. The Hall–Kier alpha value is -0.650. The molecule has 2 unspecified atom stereocenters. The van der Waals surface area contributed by atoms with Gasteiger partial charge in [-0.15, -0.1) is 0 Å². The van der Waals surface area contributed by atoms with Crippen molar-refractivity contribution in [1.29, 1.82) is 0 Å². The van der Waals surface area contributed by atoms with Crippen LogP contribution in [0.25, 0.3) is 0 Å². The van der Waals surface area contributed by atoms with Crippen molar-refractivity contribution >= 4 is 15.9 Å². The molecule has 1 amide bonds. The predicted octanol–water partition coefficient (Wildman–Crippen LogP) is 0.200. The van der Waals surface area contributed by atoms with Crippen molar-refractivity contribution < 1.29 is 17.6 Å². The van der Waals surface area contributed by atoms with Crippen molar-refractivity contribution in [2.45, 2.75) is 25.4 Å². The molecule has 0 aromatic carbocycles. The van der Waals surface area contributed by atoms with E-state index >= 15 is 0 Å². The number of hydrogen-bond acceptors (Lipinski definition) is 3. The zero-order valence-corrected chi connectivity index (χ0v) is 8.10. The third kappa shape index (κ3) is 3.30. The van der Waals surface area contributed by atoms with Gasteiger partial charge in [-0.1, -0.05) is 0 Å². The number of nitrogens with one attached hydrogen (secondary N) is 1. The highest BCUT2D eigenvalue weighted by molar-refractivity contribution is 7.89. The van der Waals surface area contributed by atoms with E-state index in [0.717, 1.165) is 6.26 Å². The number of hydrogen-bond donors (Lipinski definition) is 1. The van der Waals surface area contributed by atoms with Crippen molar-refractivity contribution in [1.82, 2.24) is 4.72 Å². The van der Waals surface area contributed by atoms with Crippen molar-refractivity contribution in [3.8, 4) is 0 Å². The lowest BCUT2D eigenvalue weighted by Gasteiger charge is -2.07. The summed E-state index contributed by atoms with van der Waals surface area (Å²) in [5.74, 6) is -1.06. The van der Waals surface area contributed by atoms with Gasteiger partial charge in [-0.05, 0) is 19.3 Å². The van der Waals surface area contributed by atoms with Crippen LogP contribution in [-0.4, -0.2) is 26.8 Å². The van der Waals surface area contributed by atoms with Gasteiger partial charge in [0.15, 0.2) is 0 Å². The number of carbonyl (C=O) groups excluding carboxylic acids is 1. The Morgan fingerprint density at radius 1 is 1.46 bits per heavy atom. The summed E-state index contributed by atoms with van der Waals surface area (Å²) in [6.07, 6.45) is 0.869. The molecule has 0 aromatic rings. The van der Waals surface area contributed by atoms with Gasteiger partial charge >= 0.3 is 0 Å². The molecule has 0 aliphatic heterocycles. The highest BCUT2D eigenvalue weighted by Gasteiger charge is 2.30. The van der Waals surface area contributed by atoms with Crippen LogP contribution in [0.15, 0.2) is 0 Å². The van der Waals surface area contributed by atoms with Gasteiger partial charge in [-0.3, -0.25) is 9.52 Å². The predicted molar refractivity (Wildman–Crippen MR) is 45.2 cm³/mol. The molecule has 2 atom stereocenters. The van der Waals surface area contributed by atoms with Gasteiger partial charge in [-0.25, -0.2) is 12.8 Å². The Balaban J connectivity index is 2.50. The minimum atomic E-state index is -3.50. The number of rotatable bonds is 2. The smallest absolute Gasteiger partial charge is 0.236 e. The molecule has 76 valence electrons. The van der Waals surface area contributed by atoms with Crippen LogP contribution in [0.2, 0.25) is 0 Å². The van der Waals surface area contributed by atoms with Gasteiger partial charge in [0.1, 0.15) is 6.17 Å². The molecule has 1 rings (SSSR count). The molecule has 4 nitrogen and oxygen atoms in total. The molecule has 0 heterocycles. The number of alkyl halides is 1. The highest BCUT2D eigenvalue weighted by Crippen LogP contribution is 2.27. The van der Waals surface area contributed by atoms with Crippen molar-refractivity contribution in [3.05, 3.63) is 0 Å². The van der Waals surface area contributed by atoms with Crippen LogP contribution in [-0.2, 0) is 14.8 Å². The second kappa shape index (κ2) is 3.61. The van der Waals surface area contributed by atoms with Gasteiger partial charge < -0.3 is 0 Å². The second-order valence-corrected chi connectivity index (χ2v) is 5.09. The van der Waals surface area contributed by atoms with Crippen molar-refractivity contribution in [2.24, 2.45) is 5.92 Å². The van der Waals surface area contributed by atoms with Crippen molar-refractivity contribution in [2.75, 3.05) is 6.26 Å². The van der Waals surface area contributed by atoms with E-state index in [2.05, 4.69) is 0 Å². The average molecular weight is 209 g/mol. The van der Waals surface area contributed by atoms with Gasteiger partial charge in [-0.2, -0.15) is 0 Å². The zero-order valence-electron chi connectivity index (χ0n) is 7.29. The molecule has 1 saturated carbocycles. The molecule has 1 aliphatic carbocycles. The minimum absolute atomic E-state index is 0.140. The first-order valence-corrected chi connectivity index (χ1v) is 5.93. The first-order valence-electron chi connectivity index (χ1n) is 4.04. The van der Waals surface area contributed by atoms with Gasteiger partial charge in [0.2, 0.25) is 15.9 Å². The number of sulfonamides is 1. The van der Waals surface area contributed by atoms with E-state index in [1.807, 2.05) is 4.72 Å². The zero-order chi connectivity index (χ0) is 10.1. The summed E-state index contributed by atoms with van der Waals surface area (Å²) in [4.78, 5) is 11.1. The molecule has 0 radical (unpaired) electrons. The third-order valence-corrected chi connectivity index (χ3v) is 2.60. The fourth-order valence-electron chi connectivity index (χ4n) is 1.43.